The third-order valence-corrected chi connectivity index (χ3v) is 3.49. The van der Waals surface area contributed by atoms with E-state index in [1.807, 2.05) is 12.3 Å². The highest BCUT2D eigenvalue weighted by atomic mass is 32.1. The molecule has 0 bridgehead atoms. The van der Waals surface area contributed by atoms with Gasteiger partial charge in [0, 0.05) is 23.2 Å². The van der Waals surface area contributed by atoms with Gasteiger partial charge in [0.1, 0.15) is 0 Å². The predicted octanol–water partition coefficient (Wildman–Crippen LogP) is 3.12. The first-order valence-electron chi connectivity index (χ1n) is 6.25. The summed E-state index contributed by atoms with van der Waals surface area (Å²) in [4.78, 5) is 16.1. The number of nitrogens with zero attached hydrogens (tertiary/aromatic N) is 1. The average molecular weight is 304 g/mol. The van der Waals surface area contributed by atoms with Gasteiger partial charge in [-0.05, 0) is 25.1 Å². The molecule has 21 heavy (non-hydrogen) atoms. The fourth-order valence-corrected chi connectivity index (χ4v) is 2.30. The fraction of sp³-hybridized carbons (Fsp3) is 0.200. The van der Waals surface area contributed by atoms with Gasteiger partial charge < -0.3 is 14.8 Å². The zero-order chi connectivity index (χ0) is 15.2. The molecule has 1 N–H and O–H groups in total. The van der Waals surface area contributed by atoms with Crippen LogP contribution in [0.5, 0.6) is 11.5 Å². The predicted molar refractivity (Wildman–Crippen MR) is 84.1 cm³/mol. The van der Waals surface area contributed by atoms with Gasteiger partial charge in [-0.15, -0.1) is 11.3 Å². The van der Waals surface area contributed by atoms with Gasteiger partial charge in [-0.2, -0.15) is 0 Å². The van der Waals surface area contributed by atoms with E-state index < -0.39 is 0 Å². The SMILES string of the molecule is COc1ccc(NC(=O)/C=C/c2csc(C)n2)cc1OC. The highest BCUT2D eigenvalue weighted by molar-refractivity contribution is 7.09. The Morgan fingerprint density at radius 3 is 2.67 bits per heavy atom. The summed E-state index contributed by atoms with van der Waals surface area (Å²) in [5, 5.41) is 5.63. The highest BCUT2D eigenvalue weighted by Gasteiger charge is 2.06. The minimum atomic E-state index is -0.229. The van der Waals surface area contributed by atoms with Crippen molar-refractivity contribution in [1.29, 1.82) is 0 Å². The number of rotatable bonds is 5. The van der Waals surface area contributed by atoms with Crippen molar-refractivity contribution in [2.24, 2.45) is 0 Å². The molecule has 0 saturated heterocycles. The van der Waals surface area contributed by atoms with Crippen molar-refractivity contribution < 1.29 is 14.3 Å². The maximum Gasteiger partial charge on any atom is 0.248 e. The van der Waals surface area contributed by atoms with Crippen LogP contribution in [0, 0.1) is 6.92 Å². The monoisotopic (exact) mass is 304 g/mol. The number of amides is 1. The number of benzene rings is 1. The number of aromatic nitrogens is 1. The lowest BCUT2D eigenvalue weighted by atomic mass is 10.2. The van der Waals surface area contributed by atoms with E-state index in [1.165, 1.54) is 6.08 Å². The molecule has 0 saturated carbocycles. The minimum Gasteiger partial charge on any atom is -0.493 e. The number of aryl methyl sites for hydroxylation is 1. The molecule has 1 aromatic carbocycles. The van der Waals surface area contributed by atoms with Crippen LogP contribution >= 0.6 is 11.3 Å². The molecule has 110 valence electrons. The van der Waals surface area contributed by atoms with E-state index in [4.69, 9.17) is 9.47 Å². The van der Waals surface area contributed by atoms with E-state index in [9.17, 15) is 4.79 Å². The second kappa shape index (κ2) is 6.90. The van der Waals surface area contributed by atoms with E-state index in [-0.39, 0.29) is 5.91 Å². The summed E-state index contributed by atoms with van der Waals surface area (Å²) in [5.74, 6) is 0.950. The Kier molecular flexibility index (Phi) is 4.94. The normalized spacial score (nSPS) is 10.6. The number of hydrogen-bond donors (Lipinski definition) is 1. The molecule has 6 heteroatoms. The summed E-state index contributed by atoms with van der Waals surface area (Å²) >= 11 is 1.54. The molecule has 0 unspecified atom stereocenters. The Morgan fingerprint density at radius 2 is 2.05 bits per heavy atom. The highest BCUT2D eigenvalue weighted by Crippen LogP contribution is 2.29. The Labute approximate surface area is 127 Å². The third kappa shape index (κ3) is 4.06. The van der Waals surface area contributed by atoms with Crippen LogP contribution in [0.2, 0.25) is 0 Å². The number of methoxy groups -OCH3 is 2. The second-order valence-corrected chi connectivity index (χ2v) is 5.25. The molecular weight excluding hydrogens is 288 g/mol. The van der Waals surface area contributed by atoms with E-state index in [1.54, 1.807) is 49.8 Å². The van der Waals surface area contributed by atoms with Gasteiger partial charge >= 0.3 is 0 Å². The molecule has 5 nitrogen and oxygen atoms in total. The van der Waals surface area contributed by atoms with E-state index >= 15 is 0 Å². The minimum absolute atomic E-state index is 0.229. The summed E-state index contributed by atoms with van der Waals surface area (Å²) in [6.45, 7) is 1.92. The second-order valence-electron chi connectivity index (χ2n) is 4.18. The van der Waals surface area contributed by atoms with Crippen molar-refractivity contribution in [1.82, 2.24) is 4.98 Å². The Morgan fingerprint density at radius 1 is 1.29 bits per heavy atom. The van der Waals surface area contributed by atoms with Gasteiger partial charge in [-0.25, -0.2) is 4.98 Å². The van der Waals surface area contributed by atoms with Crippen LogP contribution in [0.15, 0.2) is 29.7 Å². The van der Waals surface area contributed by atoms with E-state index in [0.29, 0.717) is 17.2 Å². The summed E-state index contributed by atoms with van der Waals surface area (Å²) in [6, 6.07) is 5.19. The van der Waals surface area contributed by atoms with Crippen molar-refractivity contribution in [3.8, 4) is 11.5 Å². The molecule has 0 radical (unpaired) electrons. The smallest absolute Gasteiger partial charge is 0.248 e. The number of thiazole rings is 1. The van der Waals surface area contributed by atoms with Gasteiger partial charge in [0.25, 0.3) is 0 Å². The largest absolute Gasteiger partial charge is 0.493 e. The molecule has 0 aliphatic rings. The lowest BCUT2D eigenvalue weighted by Gasteiger charge is -2.09. The lowest BCUT2D eigenvalue weighted by molar-refractivity contribution is -0.111. The molecule has 0 aliphatic heterocycles. The van der Waals surface area contributed by atoms with Crippen LogP contribution in [0.3, 0.4) is 0 Å². The van der Waals surface area contributed by atoms with Crippen molar-refractivity contribution in [2.45, 2.75) is 6.92 Å². The number of anilines is 1. The first-order valence-corrected chi connectivity index (χ1v) is 7.13. The van der Waals surface area contributed by atoms with Crippen molar-refractivity contribution in [3.63, 3.8) is 0 Å². The Bertz CT molecular complexity index is 665. The van der Waals surface area contributed by atoms with Crippen molar-refractivity contribution in [3.05, 3.63) is 40.4 Å². The number of ether oxygens (including phenoxy) is 2. The number of carbonyl (C=O) groups is 1. The molecule has 0 aliphatic carbocycles. The molecular formula is C15H16N2O3S. The van der Waals surface area contributed by atoms with Gasteiger partial charge in [-0.3, -0.25) is 4.79 Å². The van der Waals surface area contributed by atoms with E-state index in [2.05, 4.69) is 10.3 Å². The molecule has 2 rings (SSSR count). The zero-order valence-electron chi connectivity index (χ0n) is 12.0. The summed E-state index contributed by atoms with van der Waals surface area (Å²) < 4.78 is 10.3. The van der Waals surface area contributed by atoms with Crippen LogP contribution in [-0.4, -0.2) is 25.1 Å². The topological polar surface area (TPSA) is 60.5 Å². The zero-order valence-corrected chi connectivity index (χ0v) is 12.9. The van der Waals surface area contributed by atoms with Gasteiger partial charge in [-0.1, -0.05) is 0 Å². The Hall–Kier alpha value is -2.34. The Balaban J connectivity index is 2.04. The summed E-state index contributed by atoms with van der Waals surface area (Å²) in [6.07, 6.45) is 3.13. The quantitative estimate of drug-likeness (QED) is 0.862. The van der Waals surface area contributed by atoms with Gasteiger partial charge in [0.2, 0.25) is 5.91 Å². The number of carbonyl (C=O) groups excluding carboxylic acids is 1. The maximum absolute atomic E-state index is 11.9. The first kappa shape index (κ1) is 15.1. The van der Waals surface area contributed by atoms with Crippen LogP contribution < -0.4 is 14.8 Å². The summed E-state index contributed by atoms with van der Waals surface area (Å²) in [7, 11) is 3.11. The molecule has 0 fully saturated rings. The third-order valence-electron chi connectivity index (χ3n) is 2.69. The number of nitrogens with one attached hydrogen (secondary N) is 1. The molecule has 1 heterocycles. The molecule has 1 aromatic heterocycles. The standard InChI is InChI=1S/C15H16N2O3S/c1-10-16-12(9-21-10)5-7-15(18)17-11-4-6-13(19-2)14(8-11)20-3/h4-9H,1-3H3,(H,17,18)/b7-5+. The van der Waals surface area contributed by atoms with Crippen LogP contribution in [0.4, 0.5) is 5.69 Å². The molecule has 1 amide bonds. The van der Waals surface area contributed by atoms with Crippen LogP contribution in [-0.2, 0) is 4.79 Å². The van der Waals surface area contributed by atoms with Crippen molar-refractivity contribution >= 4 is 29.0 Å². The summed E-state index contributed by atoms with van der Waals surface area (Å²) in [5.41, 5.74) is 1.41. The van der Waals surface area contributed by atoms with Crippen LogP contribution in [0.25, 0.3) is 6.08 Å². The average Bonchev–Trinajstić information content (AvgIpc) is 2.90. The maximum atomic E-state index is 11.9. The van der Waals surface area contributed by atoms with Crippen LogP contribution in [0.1, 0.15) is 10.7 Å². The lowest BCUT2D eigenvalue weighted by Crippen LogP contribution is -2.07. The van der Waals surface area contributed by atoms with Gasteiger partial charge in [0.15, 0.2) is 11.5 Å². The molecule has 0 atom stereocenters. The number of hydrogen-bond acceptors (Lipinski definition) is 5. The van der Waals surface area contributed by atoms with Gasteiger partial charge in [0.05, 0.1) is 24.9 Å². The van der Waals surface area contributed by atoms with E-state index in [0.717, 1.165) is 10.7 Å². The molecule has 0 spiro atoms. The first-order chi connectivity index (χ1) is 10.1. The fourth-order valence-electron chi connectivity index (χ4n) is 1.72. The molecule has 2 aromatic rings. The van der Waals surface area contributed by atoms with Crippen molar-refractivity contribution in [2.75, 3.05) is 19.5 Å².